The van der Waals surface area contributed by atoms with E-state index in [2.05, 4.69) is 15.1 Å². The van der Waals surface area contributed by atoms with Gasteiger partial charge in [0.25, 0.3) is 5.56 Å². The Morgan fingerprint density at radius 1 is 1.06 bits per heavy atom. The van der Waals surface area contributed by atoms with Crippen molar-refractivity contribution in [1.29, 1.82) is 0 Å². The zero-order chi connectivity index (χ0) is 25.4. The summed E-state index contributed by atoms with van der Waals surface area (Å²) in [6.07, 6.45) is -1.04. The van der Waals surface area contributed by atoms with Gasteiger partial charge in [-0.1, -0.05) is 24.3 Å². The number of benzene rings is 1. The molecule has 0 spiro atoms. The lowest BCUT2D eigenvalue weighted by molar-refractivity contribution is -0.138. The number of nitrogens with zero attached hydrogens (tertiary/aromatic N) is 6. The quantitative estimate of drug-likeness (QED) is 0.590. The summed E-state index contributed by atoms with van der Waals surface area (Å²) < 4.78 is 40.3. The summed E-state index contributed by atoms with van der Waals surface area (Å²) in [4.78, 5) is 39.4. The lowest BCUT2D eigenvalue weighted by atomic mass is 9.93. The Bertz CT molecular complexity index is 1320. The van der Waals surface area contributed by atoms with Crippen LogP contribution in [0.4, 0.5) is 24.9 Å². The summed E-state index contributed by atoms with van der Waals surface area (Å²) in [5, 5.41) is 5.83. The number of carbonyl (C=O) groups excluding carboxylic acids is 1. The predicted molar refractivity (Wildman–Crippen MR) is 126 cm³/mol. The average Bonchev–Trinajstić information content (AvgIpc) is 2.88. The molecule has 4 heterocycles. The molecular weight excluding hydrogens is 475 g/mol. The highest BCUT2D eigenvalue weighted by Crippen LogP contribution is 2.32. The number of anilines is 2. The van der Waals surface area contributed by atoms with E-state index in [1.54, 1.807) is 22.2 Å². The number of piperazine rings is 1. The predicted octanol–water partition coefficient (Wildman–Crippen LogP) is 2.17. The topological polar surface area (TPSA) is 98.3 Å². The zero-order valence-corrected chi connectivity index (χ0v) is 19.5. The maximum atomic E-state index is 13.7. The highest BCUT2D eigenvalue weighted by molar-refractivity contribution is 5.86. The van der Waals surface area contributed by atoms with Crippen molar-refractivity contribution in [3.63, 3.8) is 0 Å². The van der Waals surface area contributed by atoms with Gasteiger partial charge in [-0.05, 0) is 23.6 Å². The minimum Gasteiger partial charge on any atom is -0.338 e. The number of amides is 1. The van der Waals surface area contributed by atoms with E-state index >= 15 is 0 Å². The third-order valence-electron chi connectivity index (χ3n) is 6.56. The summed E-state index contributed by atoms with van der Waals surface area (Å²) in [5.74, 6) is 0.301. The Morgan fingerprint density at radius 2 is 1.72 bits per heavy atom. The minimum absolute atomic E-state index is 0.0959. The van der Waals surface area contributed by atoms with Crippen LogP contribution >= 0.6 is 0 Å². The van der Waals surface area contributed by atoms with Gasteiger partial charge in [0.2, 0.25) is 11.9 Å². The fourth-order valence-corrected chi connectivity index (χ4v) is 4.62. The number of rotatable bonds is 3. The number of H-pyrrole nitrogens is 1. The molecule has 1 amide bonds. The minimum atomic E-state index is -4.84. The number of aromatic nitrogens is 4. The smallest absolute Gasteiger partial charge is 0.338 e. The molecule has 3 aromatic rings. The molecule has 5 rings (SSSR count). The maximum absolute atomic E-state index is 13.7. The summed E-state index contributed by atoms with van der Waals surface area (Å²) in [6, 6.07) is 7.46. The third-order valence-corrected chi connectivity index (χ3v) is 6.56. The van der Waals surface area contributed by atoms with E-state index in [9.17, 15) is 22.8 Å². The first-order chi connectivity index (χ1) is 17.2. The second kappa shape index (κ2) is 9.25. The van der Waals surface area contributed by atoms with Gasteiger partial charge in [-0.25, -0.2) is 15.1 Å². The van der Waals surface area contributed by atoms with Gasteiger partial charge in [-0.3, -0.25) is 9.59 Å². The van der Waals surface area contributed by atoms with Crippen LogP contribution < -0.4 is 15.4 Å². The lowest BCUT2D eigenvalue weighted by Crippen LogP contribution is -2.57. The van der Waals surface area contributed by atoms with Crippen molar-refractivity contribution >= 4 is 17.7 Å². The number of alkyl halides is 3. The van der Waals surface area contributed by atoms with Crippen LogP contribution in [0.5, 0.6) is 0 Å². The van der Waals surface area contributed by atoms with Crippen molar-refractivity contribution in [3.05, 3.63) is 75.3 Å². The van der Waals surface area contributed by atoms with Gasteiger partial charge < -0.3 is 14.7 Å². The molecule has 2 aliphatic heterocycles. The van der Waals surface area contributed by atoms with E-state index in [0.717, 1.165) is 22.8 Å². The summed E-state index contributed by atoms with van der Waals surface area (Å²) in [7, 11) is 0. The fourth-order valence-electron chi connectivity index (χ4n) is 4.62. The second-order valence-corrected chi connectivity index (χ2v) is 8.96. The molecular formula is C24H24F3N7O2. The molecule has 0 unspecified atom stereocenters. The van der Waals surface area contributed by atoms with Crippen molar-refractivity contribution in [1.82, 2.24) is 25.1 Å². The number of fused-ring (bicyclic) bond motifs is 1. The number of hydrogen-bond acceptors (Lipinski definition) is 7. The molecule has 1 saturated heterocycles. The van der Waals surface area contributed by atoms with Crippen LogP contribution in [0.3, 0.4) is 0 Å². The number of carbonyl (C=O) groups is 1. The van der Waals surface area contributed by atoms with Gasteiger partial charge in [0.05, 0.1) is 0 Å². The van der Waals surface area contributed by atoms with Gasteiger partial charge in [0.1, 0.15) is 11.6 Å². The number of aryl methyl sites for hydroxylation is 1. The zero-order valence-electron chi connectivity index (χ0n) is 19.5. The van der Waals surface area contributed by atoms with Crippen molar-refractivity contribution in [2.45, 2.75) is 32.1 Å². The first-order valence-corrected chi connectivity index (χ1v) is 11.5. The Kier molecular flexibility index (Phi) is 6.10. The van der Waals surface area contributed by atoms with Gasteiger partial charge >= 0.3 is 6.18 Å². The molecule has 0 aliphatic carbocycles. The first-order valence-electron chi connectivity index (χ1n) is 11.5. The average molecular weight is 499 g/mol. The molecule has 188 valence electrons. The monoisotopic (exact) mass is 499 g/mol. The highest BCUT2D eigenvalue weighted by atomic mass is 19.4. The highest BCUT2D eigenvalue weighted by Gasteiger charge is 2.39. The molecule has 0 saturated carbocycles. The first kappa shape index (κ1) is 23.8. The molecule has 9 nitrogen and oxygen atoms in total. The Morgan fingerprint density at radius 3 is 2.39 bits per heavy atom. The van der Waals surface area contributed by atoms with E-state index in [4.69, 9.17) is 0 Å². The van der Waals surface area contributed by atoms with Crippen molar-refractivity contribution in [2.24, 2.45) is 0 Å². The second-order valence-electron chi connectivity index (χ2n) is 8.96. The van der Waals surface area contributed by atoms with Crippen molar-refractivity contribution in [2.75, 3.05) is 36.0 Å². The molecule has 36 heavy (non-hydrogen) atoms. The van der Waals surface area contributed by atoms with Crippen LogP contribution in [-0.4, -0.2) is 63.2 Å². The standard InChI is InChI=1S/C24H24F3N7O2/c1-15-12-28-23(29-13-15)33-8-6-32(7-9-33)22(36)19-10-16-4-2-3-5-17(16)14-34(19)20-11-18(24(25,26)27)21(35)31-30-20/h2-5,11-13,19H,6-10,14H2,1H3,(H,31,35)/t19-/m0/s1. The normalized spacial score (nSPS) is 18.2. The Labute approximate surface area is 204 Å². The molecule has 0 radical (unpaired) electrons. The lowest BCUT2D eigenvalue weighted by Gasteiger charge is -2.41. The Balaban J connectivity index is 1.41. The number of aromatic amines is 1. The summed E-state index contributed by atoms with van der Waals surface area (Å²) in [5.41, 5.74) is 0.142. The van der Waals surface area contributed by atoms with E-state index in [1.807, 2.05) is 41.2 Å². The molecule has 1 atom stereocenters. The van der Waals surface area contributed by atoms with Gasteiger partial charge in [0, 0.05) is 57.6 Å². The van der Waals surface area contributed by atoms with E-state index in [1.165, 1.54) is 0 Å². The molecule has 12 heteroatoms. The van der Waals surface area contributed by atoms with Crippen LogP contribution in [0.1, 0.15) is 22.3 Å². The van der Waals surface area contributed by atoms with E-state index in [0.29, 0.717) is 38.5 Å². The third kappa shape index (κ3) is 4.62. The van der Waals surface area contributed by atoms with Crippen molar-refractivity contribution < 1.29 is 18.0 Å². The van der Waals surface area contributed by atoms with E-state index < -0.39 is 23.3 Å². The van der Waals surface area contributed by atoms with Gasteiger partial charge in [0.15, 0.2) is 5.82 Å². The van der Waals surface area contributed by atoms with E-state index in [-0.39, 0.29) is 18.3 Å². The molecule has 1 fully saturated rings. The van der Waals surface area contributed by atoms with Gasteiger partial charge in [-0.2, -0.15) is 18.3 Å². The molecule has 2 aliphatic rings. The van der Waals surface area contributed by atoms with Crippen LogP contribution in [-0.2, 0) is 23.9 Å². The molecule has 2 aromatic heterocycles. The van der Waals surface area contributed by atoms with Crippen LogP contribution in [0.15, 0.2) is 47.5 Å². The molecule has 1 N–H and O–H groups in total. The molecule has 0 bridgehead atoms. The Hall–Kier alpha value is -3.96. The molecule has 1 aromatic carbocycles. The van der Waals surface area contributed by atoms with Crippen LogP contribution in [0.2, 0.25) is 0 Å². The largest absolute Gasteiger partial charge is 0.421 e. The fraction of sp³-hybridized carbons (Fsp3) is 0.375. The number of nitrogens with one attached hydrogen (secondary N) is 1. The summed E-state index contributed by atoms with van der Waals surface area (Å²) in [6.45, 7) is 4.02. The summed E-state index contributed by atoms with van der Waals surface area (Å²) >= 11 is 0. The maximum Gasteiger partial charge on any atom is 0.421 e. The van der Waals surface area contributed by atoms with Crippen LogP contribution in [0.25, 0.3) is 0 Å². The van der Waals surface area contributed by atoms with Crippen LogP contribution in [0, 0.1) is 6.92 Å². The number of hydrogen-bond donors (Lipinski definition) is 1. The van der Waals surface area contributed by atoms with Gasteiger partial charge in [-0.15, -0.1) is 0 Å². The SMILES string of the molecule is Cc1cnc(N2CCN(C(=O)[C@@H]3Cc4ccccc4CN3c3cc(C(F)(F)F)c(=O)[nH]n3)CC2)nc1. The van der Waals surface area contributed by atoms with Crippen molar-refractivity contribution in [3.8, 4) is 0 Å². The number of halogens is 3.